The van der Waals surface area contributed by atoms with Gasteiger partial charge in [-0.3, -0.25) is 4.79 Å². The number of carboxylic acids is 1. The first-order valence-corrected chi connectivity index (χ1v) is 8.73. The van der Waals surface area contributed by atoms with Crippen LogP contribution in [0.5, 0.6) is 0 Å². The van der Waals surface area contributed by atoms with Gasteiger partial charge in [0.15, 0.2) is 0 Å². The highest BCUT2D eigenvalue weighted by atomic mass is 32.1. The van der Waals surface area contributed by atoms with Gasteiger partial charge < -0.3 is 19.2 Å². The van der Waals surface area contributed by atoms with Crippen LogP contribution in [-0.2, 0) is 16.8 Å². The van der Waals surface area contributed by atoms with E-state index in [0.717, 1.165) is 16.9 Å². The van der Waals surface area contributed by atoms with E-state index in [2.05, 4.69) is 0 Å². The average molecular weight is 347 g/mol. The van der Waals surface area contributed by atoms with Crippen molar-refractivity contribution in [2.24, 2.45) is 0 Å². The lowest BCUT2D eigenvalue weighted by molar-refractivity contribution is -0.0906. The second kappa shape index (κ2) is 5.75. The van der Waals surface area contributed by atoms with Crippen LogP contribution >= 0.6 is 11.3 Å². The molecule has 0 saturated carbocycles. The molecule has 126 valence electrons. The molecule has 1 saturated heterocycles. The lowest BCUT2D eigenvalue weighted by Gasteiger charge is -2.43. The van der Waals surface area contributed by atoms with E-state index in [0.29, 0.717) is 43.0 Å². The van der Waals surface area contributed by atoms with Crippen LogP contribution in [0.4, 0.5) is 0 Å². The number of fused-ring (bicyclic) bond motifs is 2. The number of carbonyl (C=O) groups excluding carboxylic acids is 1. The molecule has 0 aromatic carbocycles. The van der Waals surface area contributed by atoms with Crippen LogP contribution < -0.4 is 0 Å². The van der Waals surface area contributed by atoms with Crippen molar-refractivity contribution >= 4 is 23.2 Å². The Morgan fingerprint density at radius 3 is 2.75 bits per heavy atom. The number of piperidine rings is 1. The van der Waals surface area contributed by atoms with Gasteiger partial charge in [-0.1, -0.05) is 0 Å². The summed E-state index contributed by atoms with van der Waals surface area (Å²) in [6, 6.07) is 3.44. The topological polar surface area (TPSA) is 80.0 Å². The van der Waals surface area contributed by atoms with Crippen molar-refractivity contribution < 1.29 is 23.8 Å². The zero-order chi connectivity index (χ0) is 16.7. The molecule has 0 atom stereocenters. The summed E-state index contributed by atoms with van der Waals surface area (Å²) >= 11 is 1.31. The molecule has 6 nitrogen and oxygen atoms in total. The Labute approximate surface area is 142 Å². The number of aromatic carboxylic acids is 1. The Bertz CT molecular complexity index is 771. The maximum Gasteiger partial charge on any atom is 0.345 e. The highest BCUT2D eigenvalue weighted by molar-refractivity contribution is 7.14. The van der Waals surface area contributed by atoms with E-state index < -0.39 is 11.6 Å². The van der Waals surface area contributed by atoms with Gasteiger partial charge in [0.25, 0.3) is 5.91 Å². The minimum atomic E-state index is -0.892. The Kier molecular flexibility index (Phi) is 3.69. The third-order valence-electron chi connectivity index (χ3n) is 4.81. The third-order valence-corrected chi connectivity index (χ3v) is 6.16. The molecule has 7 heteroatoms. The lowest BCUT2D eigenvalue weighted by atomic mass is 9.85. The minimum absolute atomic E-state index is 0.0352. The molecule has 0 aliphatic carbocycles. The number of thiophene rings is 1. The molecule has 4 heterocycles. The Balaban J connectivity index is 1.55. The second-order valence-electron chi connectivity index (χ2n) is 6.17. The summed E-state index contributed by atoms with van der Waals surface area (Å²) in [5, 5.41) is 9.25. The van der Waals surface area contributed by atoms with Crippen molar-refractivity contribution in [3.05, 3.63) is 45.5 Å². The first-order valence-electron chi connectivity index (χ1n) is 7.91. The van der Waals surface area contributed by atoms with Crippen LogP contribution in [0, 0.1) is 0 Å². The number of likely N-dealkylation sites (tertiary alicyclic amines) is 1. The standard InChI is InChI=1S/C17H17NO5S/c19-15(12-1-7-22-10-12)18-5-3-17(4-6-18)14-11(2-8-23-17)9-13(24-14)16(20)21/h1,7,9-10H,2-6,8H2,(H,20,21). The SMILES string of the molecule is O=C(O)c1cc2c(s1)C1(CCN(C(=O)c3ccoc3)CC1)OCC2. The number of hydrogen-bond acceptors (Lipinski definition) is 5. The number of hydrogen-bond donors (Lipinski definition) is 1. The molecular weight excluding hydrogens is 330 g/mol. The van der Waals surface area contributed by atoms with Gasteiger partial charge >= 0.3 is 5.97 Å². The number of carboxylic acid groups (broad SMARTS) is 1. The normalized spacial score (nSPS) is 19.2. The Morgan fingerprint density at radius 2 is 2.08 bits per heavy atom. The number of nitrogens with zero attached hydrogens (tertiary/aromatic N) is 1. The molecule has 0 bridgehead atoms. The van der Waals surface area contributed by atoms with E-state index in [9.17, 15) is 14.7 Å². The van der Waals surface area contributed by atoms with Gasteiger partial charge in [0, 0.05) is 18.0 Å². The summed E-state index contributed by atoms with van der Waals surface area (Å²) in [6.45, 7) is 1.77. The van der Waals surface area contributed by atoms with Crippen molar-refractivity contribution in [2.75, 3.05) is 19.7 Å². The molecule has 1 fully saturated rings. The molecule has 1 amide bonds. The fourth-order valence-electron chi connectivity index (χ4n) is 3.54. The summed E-state index contributed by atoms with van der Waals surface area (Å²) in [7, 11) is 0. The molecule has 2 aliphatic rings. The highest BCUT2D eigenvalue weighted by Gasteiger charge is 2.43. The van der Waals surface area contributed by atoms with E-state index in [1.165, 1.54) is 23.9 Å². The fourth-order valence-corrected chi connectivity index (χ4v) is 4.79. The number of amides is 1. The molecule has 24 heavy (non-hydrogen) atoms. The molecule has 0 radical (unpaired) electrons. The monoisotopic (exact) mass is 347 g/mol. The fraction of sp³-hybridized carbons (Fsp3) is 0.412. The molecular formula is C17H17NO5S. The maximum absolute atomic E-state index is 12.4. The second-order valence-corrected chi connectivity index (χ2v) is 7.22. The van der Waals surface area contributed by atoms with Gasteiger partial charge in [-0.25, -0.2) is 4.79 Å². The Hall–Kier alpha value is -2.12. The van der Waals surface area contributed by atoms with E-state index in [4.69, 9.17) is 9.15 Å². The number of carbonyl (C=O) groups is 2. The van der Waals surface area contributed by atoms with Crippen LogP contribution in [-0.4, -0.2) is 41.6 Å². The molecule has 0 unspecified atom stereocenters. The van der Waals surface area contributed by atoms with E-state index in [1.807, 2.05) is 0 Å². The van der Waals surface area contributed by atoms with Gasteiger partial charge in [0.05, 0.1) is 18.4 Å². The lowest BCUT2D eigenvalue weighted by Crippen LogP contribution is -2.47. The summed E-state index contributed by atoms with van der Waals surface area (Å²) in [4.78, 5) is 26.9. The summed E-state index contributed by atoms with van der Waals surface area (Å²) in [5.41, 5.74) is 1.19. The van der Waals surface area contributed by atoms with Crippen molar-refractivity contribution in [3.63, 3.8) is 0 Å². The van der Waals surface area contributed by atoms with Gasteiger partial charge in [0.1, 0.15) is 16.7 Å². The first kappa shape index (κ1) is 15.4. The van der Waals surface area contributed by atoms with Crippen LogP contribution in [0.15, 0.2) is 29.1 Å². The van der Waals surface area contributed by atoms with Gasteiger partial charge in [-0.05, 0) is 37.0 Å². The quantitative estimate of drug-likeness (QED) is 0.903. The molecule has 2 aromatic rings. The maximum atomic E-state index is 12.4. The predicted octanol–water partition coefficient (Wildman–Crippen LogP) is 2.74. The average Bonchev–Trinajstić information content (AvgIpc) is 3.25. The van der Waals surface area contributed by atoms with Gasteiger partial charge in [0.2, 0.25) is 0 Å². The van der Waals surface area contributed by atoms with Crippen LogP contribution in [0.3, 0.4) is 0 Å². The smallest absolute Gasteiger partial charge is 0.345 e. The van der Waals surface area contributed by atoms with Crippen molar-refractivity contribution in [1.82, 2.24) is 4.90 Å². The summed E-state index contributed by atoms with van der Waals surface area (Å²) in [6.07, 6.45) is 5.07. The van der Waals surface area contributed by atoms with Gasteiger partial charge in [-0.2, -0.15) is 0 Å². The third kappa shape index (κ3) is 2.44. The van der Waals surface area contributed by atoms with Crippen LogP contribution in [0.2, 0.25) is 0 Å². The van der Waals surface area contributed by atoms with Crippen molar-refractivity contribution in [2.45, 2.75) is 24.9 Å². The zero-order valence-electron chi connectivity index (χ0n) is 13.0. The van der Waals surface area contributed by atoms with E-state index in [1.54, 1.807) is 17.0 Å². The Morgan fingerprint density at radius 1 is 1.29 bits per heavy atom. The van der Waals surface area contributed by atoms with Crippen molar-refractivity contribution in [1.29, 1.82) is 0 Å². The predicted molar refractivity (Wildman–Crippen MR) is 86.5 cm³/mol. The number of ether oxygens (including phenoxy) is 1. The largest absolute Gasteiger partial charge is 0.477 e. The zero-order valence-corrected chi connectivity index (χ0v) is 13.8. The van der Waals surface area contributed by atoms with Gasteiger partial charge in [-0.15, -0.1) is 11.3 Å². The number of furan rings is 1. The minimum Gasteiger partial charge on any atom is -0.477 e. The molecule has 2 aliphatic heterocycles. The van der Waals surface area contributed by atoms with Crippen LogP contribution in [0.25, 0.3) is 0 Å². The molecule has 4 rings (SSSR count). The molecule has 2 aromatic heterocycles. The first-order chi connectivity index (χ1) is 11.6. The highest BCUT2D eigenvalue weighted by Crippen LogP contribution is 2.45. The molecule has 1 N–H and O–H groups in total. The van der Waals surface area contributed by atoms with E-state index in [-0.39, 0.29) is 5.91 Å². The van der Waals surface area contributed by atoms with Crippen molar-refractivity contribution in [3.8, 4) is 0 Å². The number of rotatable bonds is 2. The summed E-state index contributed by atoms with van der Waals surface area (Å²) in [5.74, 6) is -0.927. The molecule has 1 spiro atoms. The van der Waals surface area contributed by atoms with Crippen LogP contribution in [0.1, 0.15) is 43.3 Å². The summed E-state index contributed by atoms with van der Waals surface area (Å²) < 4.78 is 11.1. The van der Waals surface area contributed by atoms with E-state index >= 15 is 0 Å².